The van der Waals surface area contributed by atoms with Gasteiger partial charge in [-0.3, -0.25) is 14.4 Å². The van der Waals surface area contributed by atoms with Crippen LogP contribution in [0.1, 0.15) is 34.1 Å². The molecule has 0 aliphatic heterocycles. The van der Waals surface area contributed by atoms with Crippen LogP contribution < -0.4 is 0 Å². The highest BCUT2D eigenvalue weighted by Gasteiger charge is 2.66. The summed E-state index contributed by atoms with van der Waals surface area (Å²) in [6, 6.07) is 15.4. The molecule has 0 unspecified atom stereocenters. The van der Waals surface area contributed by atoms with Crippen LogP contribution in [-0.4, -0.2) is 17.3 Å². The fourth-order valence-corrected chi connectivity index (χ4v) is 4.59. The van der Waals surface area contributed by atoms with E-state index in [4.69, 9.17) is 0 Å². The predicted octanol–water partition coefficient (Wildman–Crippen LogP) is 2.54. The van der Waals surface area contributed by atoms with Gasteiger partial charge in [0.2, 0.25) is 0 Å². The number of rotatable bonds is 0. The minimum absolute atomic E-state index is 0.264. The van der Waals surface area contributed by atoms with Crippen molar-refractivity contribution in [3.63, 3.8) is 0 Å². The Morgan fingerprint density at radius 3 is 1.57 bits per heavy atom. The molecule has 4 aliphatic rings. The molecule has 3 nitrogen and oxygen atoms in total. The third-order valence-corrected chi connectivity index (χ3v) is 5.48. The van der Waals surface area contributed by atoms with E-state index in [9.17, 15) is 14.4 Å². The highest BCUT2D eigenvalue weighted by atomic mass is 16.2. The Bertz CT molecular complexity index is 885. The van der Waals surface area contributed by atoms with Gasteiger partial charge in [0.25, 0.3) is 0 Å². The molecule has 4 aliphatic carbocycles. The molecule has 0 radical (unpaired) electrons. The molecule has 0 heterocycles. The summed E-state index contributed by atoms with van der Waals surface area (Å²) < 4.78 is 0. The minimum atomic E-state index is -1.58. The van der Waals surface area contributed by atoms with Crippen molar-refractivity contribution in [3.8, 4) is 0 Å². The number of allylic oxidation sites excluding steroid dienone is 2. The lowest BCUT2D eigenvalue weighted by Crippen LogP contribution is -2.55. The lowest BCUT2D eigenvalue weighted by molar-refractivity contribution is -0.146. The summed E-state index contributed by atoms with van der Waals surface area (Å²) in [5.41, 5.74) is 2.15. The van der Waals surface area contributed by atoms with Gasteiger partial charge < -0.3 is 0 Å². The first-order valence-corrected chi connectivity index (χ1v) is 7.66. The quantitative estimate of drug-likeness (QED) is 0.703. The molecule has 6 rings (SSSR count). The van der Waals surface area contributed by atoms with Crippen LogP contribution >= 0.6 is 0 Å². The Morgan fingerprint density at radius 2 is 1.09 bits per heavy atom. The summed E-state index contributed by atoms with van der Waals surface area (Å²) in [5.74, 6) is -2.04. The molecular formula is C20H12O3. The van der Waals surface area contributed by atoms with Crippen molar-refractivity contribution in [2.45, 2.75) is 11.8 Å². The maximum atomic E-state index is 13.3. The molecule has 0 saturated heterocycles. The molecule has 2 aromatic carbocycles. The molecule has 110 valence electrons. The number of hydrogen-bond donors (Lipinski definition) is 0. The molecule has 1 spiro atoms. The van der Waals surface area contributed by atoms with Gasteiger partial charge >= 0.3 is 0 Å². The van der Waals surface area contributed by atoms with Gasteiger partial charge in [-0.2, -0.15) is 0 Å². The van der Waals surface area contributed by atoms with Crippen LogP contribution in [0.15, 0.2) is 60.7 Å². The number of hydrogen-bond acceptors (Lipinski definition) is 3. The smallest absolute Gasteiger partial charge is 0.178 e. The molecule has 0 saturated carbocycles. The molecule has 3 heteroatoms. The summed E-state index contributed by atoms with van der Waals surface area (Å²) in [6.45, 7) is 0. The topological polar surface area (TPSA) is 51.2 Å². The van der Waals surface area contributed by atoms with Gasteiger partial charge in [-0.15, -0.1) is 0 Å². The number of Topliss-reactive ketones (excluding diaryl/α,β-unsaturated/α-hetero) is 1. The maximum absolute atomic E-state index is 13.3. The number of carbonyl (C=O) groups is 3. The van der Waals surface area contributed by atoms with Crippen LogP contribution in [0, 0.1) is 5.41 Å². The second-order valence-electron chi connectivity index (χ2n) is 6.36. The van der Waals surface area contributed by atoms with E-state index in [1.165, 1.54) is 12.2 Å². The molecule has 0 aromatic heterocycles. The zero-order valence-electron chi connectivity index (χ0n) is 12.2. The predicted molar refractivity (Wildman–Crippen MR) is 83.2 cm³/mol. The van der Waals surface area contributed by atoms with E-state index in [1.807, 2.05) is 48.5 Å². The zero-order chi connectivity index (χ0) is 15.8. The SMILES string of the molecule is O=C1C=CC(=O)C12C(=O)C1c3ccccc3C2c2ccccc21. The summed E-state index contributed by atoms with van der Waals surface area (Å²) in [6.07, 6.45) is 2.54. The van der Waals surface area contributed by atoms with Crippen LogP contribution in [0.2, 0.25) is 0 Å². The number of carbonyl (C=O) groups excluding carboxylic acids is 3. The van der Waals surface area contributed by atoms with Gasteiger partial charge in [0.15, 0.2) is 22.8 Å². The third kappa shape index (κ3) is 1.22. The Kier molecular flexibility index (Phi) is 2.17. The summed E-state index contributed by atoms with van der Waals surface area (Å²) in [7, 11) is 0. The molecule has 23 heavy (non-hydrogen) atoms. The van der Waals surface area contributed by atoms with Crippen LogP contribution in [0.25, 0.3) is 0 Å². The highest BCUT2D eigenvalue weighted by Crippen LogP contribution is 2.60. The van der Waals surface area contributed by atoms with Crippen molar-refractivity contribution in [1.29, 1.82) is 0 Å². The average Bonchev–Trinajstić information content (AvgIpc) is 2.87. The third-order valence-electron chi connectivity index (χ3n) is 5.48. The van der Waals surface area contributed by atoms with Crippen molar-refractivity contribution in [1.82, 2.24) is 0 Å². The van der Waals surface area contributed by atoms with E-state index in [-0.39, 0.29) is 17.3 Å². The Hall–Kier alpha value is -2.81. The van der Waals surface area contributed by atoms with Crippen LogP contribution in [0.5, 0.6) is 0 Å². The van der Waals surface area contributed by atoms with Crippen molar-refractivity contribution in [2.75, 3.05) is 0 Å². The first-order valence-electron chi connectivity index (χ1n) is 7.66. The van der Waals surface area contributed by atoms with Crippen molar-refractivity contribution in [2.24, 2.45) is 5.41 Å². The van der Waals surface area contributed by atoms with Crippen molar-refractivity contribution >= 4 is 17.3 Å². The average molecular weight is 300 g/mol. The van der Waals surface area contributed by atoms with E-state index < -0.39 is 17.3 Å². The molecule has 0 fully saturated rings. The van der Waals surface area contributed by atoms with E-state index in [0.29, 0.717) is 0 Å². The van der Waals surface area contributed by atoms with E-state index in [2.05, 4.69) is 0 Å². The maximum Gasteiger partial charge on any atom is 0.178 e. The molecular weight excluding hydrogens is 288 g/mol. The van der Waals surface area contributed by atoms with Gasteiger partial charge in [0, 0.05) is 5.92 Å². The van der Waals surface area contributed by atoms with Gasteiger partial charge in [-0.25, -0.2) is 0 Å². The second kappa shape index (κ2) is 3.93. The second-order valence-corrected chi connectivity index (χ2v) is 6.36. The highest BCUT2D eigenvalue weighted by molar-refractivity contribution is 6.37. The Balaban J connectivity index is 1.93. The first-order chi connectivity index (χ1) is 11.2. The molecule has 0 amide bonds. The minimum Gasteiger partial charge on any atom is -0.297 e. The Labute approximate surface area is 132 Å². The van der Waals surface area contributed by atoms with E-state index >= 15 is 0 Å². The molecule has 0 atom stereocenters. The molecule has 0 N–H and O–H groups in total. The summed E-state index contributed by atoms with van der Waals surface area (Å²) in [5, 5.41) is 0. The van der Waals surface area contributed by atoms with Crippen LogP contribution in [0.3, 0.4) is 0 Å². The van der Waals surface area contributed by atoms with Crippen LogP contribution in [-0.2, 0) is 14.4 Å². The monoisotopic (exact) mass is 300 g/mol. The zero-order valence-corrected chi connectivity index (χ0v) is 12.2. The van der Waals surface area contributed by atoms with Crippen molar-refractivity contribution in [3.05, 3.63) is 82.9 Å². The number of benzene rings is 2. The van der Waals surface area contributed by atoms with Gasteiger partial charge in [-0.05, 0) is 34.4 Å². The Morgan fingerprint density at radius 1 is 0.652 bits per heavy atom. The number of ketones is 3. The first kappa shape index (κ1) is 12.7. The van der Waals surface area contributed by atoms with Gasteiger partial charge in [0.05, 0.1) is 5.92 Å². The largest absolute Gasteiger partial charge is 0.297 e. The lowest BCUT2D eigenvalue weighted by atomic mass is 9.50. The lowest BCUT2D eigenvalue weighted by Gasteiger charge is -2.48. The molecule has 2 bridgehead atoms. The van der Waals surface area contributed by atoms with E-state index in [1.54, 1.807) is 0 Å². The van der Waals surface area contributed by atoms with Gasteiger partial charge in [0.1, 0.15) is 0 Å². The molecule has 2 aromatic rings. The van der Waals surface area contributed by atoms with Gasteiger partial charge in [-0.1, -0.05) is 48.5 Å². The fraction of sp³-hybridized carbons (Fsp3) is 0.150. The van der Waals surface area contributed by atoms with E-state index in [0.717, 1.165) is 22.3 Å². The summed E-state index contributed by atoms with van der Waals surface area (Å²) in [4.78, 5) is 38.6. The normalized spacial score (nSPS) is 25.8. The fourth-order valence-electron chi connectivity index (χ4n) is 4.59. The van der Waals surface area contributed by atoms with Crippen LogP contribution in [0.4, 0.5) is 0 Å². The summed E-state index contributed by atoms with van der Waals surface area (Å²) >= 11 is 0. The standard InChI is InChI=1S/C20H12O3/c21-15-9-10-16(22)20(15)18-13-7-3-1-5-11(13)17(19(20)23)12-6-2-4-8-14(12)18/h1-10,17-18H. The van der Waals surface area contributed by atoms with Crippen molar-refractivity contribution < 1.29 is 14.4 Å².